The number of nitrogens with one attached hydrogen (secondary N) is 19. The van der Waals surface area contributed by atoms with Gasteiger partial charge in [0.1, 0.15) is 48.8 Å². The fraction of sp³-hybridized carbons (Fsp3) is 0.645. The summed E-state index contributed by atoms with van der Waals surface area (Å²) in [6, 6.07) is -10.9. The molecule has 0 spiro atoms. The Bertz CT molecular complexity index is 3260. The topological polar surface area (TPSA) is 758 Å². The molecular weight excluding hydrogens is 1470 g/mol. The van der Waals surface area contributed by atoms with Gasteiger partial charge in [-0.3, -0.25) is 106 Å². The zero-order valence-corrected chi connectivity index (χ0v) is 61.9. The molecule has 48 nitrogen and oxygen atoms in total. The highest BCUT2D eigenvalue weighted by molar-refractivity contribution is 5.99. The molecule has 0 fully saturated rings. The minimum Gasteiger partial charge on any atom is -0.481 e. The van der Waals surface area contributed by atoms with Crippen molar-refractivity contribution >= 4 is 130 Å². The van der Waals surface area contributed by atoms with Gasteiger partial charge in [0.05, 0.1) is 91.2 Å². The van der Waals surface area contributed by atoms with E-state index in [0.29, 0.717) is 12.8 Å². The molecule has 0 bridgehead atoms. The van der Waals surface area contributed by atoms with Gasteiger partial charge in [-0.2, -0.15) is 0 Å². The number of aliphatic hydroxyl groups excluding tert-OH is 2. The Hall–Kier alpha value is -12.0. The fourth-order valence-electron chi connectivity index (χ4n) is 8.67. The van der Waals surface area contributed by atoms with Gasteiger partial charge >= 0.3 is 11.9 Å². The van der Waals surface area contributed by atoms with E-state index >= 15 is 0 Å². The lowest BCUT2D eigenvalue weighted by molar-refractivity contribution is -0.138. The smallest absolute Gasteiger partial charge is 0.322 e. The van der Waals surface area contributed by atoms with E-state index in [1.807, 2.05) is 5.32 Å². The third-order valence-electron chi connectivity index (χ3n) is 15.2. The van der Waals surface area contributed by atoms with Gasteiger partial charge in [0.2, 0.25) is 112 Å². The number of guanidine groups is 1. The van der Waals surface area contributed by atoms with Crippen LogP contribution in [-0.4, -0.2) is 297 Å². The van der Waals surface area contributed by atoms with Crippen LogP contribution >= 0.6 is 0 Å². The summed E-state index contributed by atoms with van der Waals surface area (Å²) in [6.45, 7) is 0.903. The Labute approximate surface area is 630 Å². The molecule has 10 atom stereocenters. The highest BCUT2D eigenvalue weighted by atomic mass is 16.4. The Kier molecular flexibility index (Phi) is 47.9. The number of carboxylic acids is 2. The molecule has 0 aromatic heterocycles. The van der Waals surface area contributed by atoms with E-state index in [4.69, 9.17) is 27.4 Å². The van der Waals surface area contributed by atoms with E-state index in [1.165, 1.54) is 6.92 Å². The zero-order valence-electron chi connectivity index (χ0n) is 61.9. The van der Waals surface area contributed by atoms with Crippen LogP contribution in [0.25, 0.3) is 0 Å². The molecule has 0 unspecified atom stereocenters. The minimum absolute atomic E-state index is 0.0359. The predicted molar refractivity (Wildman–Crippen MR) is 380 cm³/mol. The van der Waals surface area contributed by atoms with Crippen LogP contribution in [0.15, 0.2) is 4.99 Å². The highest BCUT2D eigenvalue weighted by Gasteiger charge is 2.35. The molecule has 0 aromatic rings. The number of aliphatic carboxylic acids is 2. The number of aliphatic imine (C=N–C) groups is 1. The average Bonchev–Trinajstić information content (AvgIpc) is 0.863. The number of hydrogen-bond acceptors (Lipinski definition) is 25. The standard InChI is InChI=1S/C62H105N23O25/c1-8-31(5)52(84-49(98)26-78-56(105)35(11-10-14-66-62(64)65)82-61(110)53(32(6)9-2)85-55(104)34(63)12-13-50(99)100)60(109)83-36(15-30(3)4)59(108)79-33(7)54(103)75-21-44(93)69-16-39(88)67-18-41(90)72-24-47(96)80-37(28-86)57(106)76-22-45(94)70-17-40(89)68-19-42(91)73-25-48(97)81-38(29-87)58(107)77-23-46(95)71-20-43(92)74-27-51(101)102/h30-38,52-53,86-87H,8-29,63H2,1-7H3,(H,67,88)(H,68,89)(H,69,93)(H,70,94)(H,71,95)(H,72,90)(H,73,91)(H,74,92)(H,75,103)(H,76,106)(H,77,107)(H,78,105)(H,79,108)(H,80,96)(H,81,97)(H,82,110)(H,83,109)(H,84,98)(H,85,104)(H,99,100)(H,101,102)(H4,64,65,66)/t31-,32-,33-,34-,35-,36-,37-,38-,52-,53-/m0/s1. The van der Waals surface area contributed by atoms with Crippen molar-refractivity contribution in [2.24, 2.45) is 39.9 Å². The largest absolute Gasteiger partial charge is 0.481 e. The first-order chi connectivity index (χ1) is 51.7. The van der Waals surface area contributed by atoms with Gasteiger partial charge in [-0.1, -0.05) is 54.4 Å². The number of nitrogens with two attached hydrogens (primary N) is 3. The summed E-state index contributed by atoms with van der Waals surface area (Å²) in [5, 5.41) is 79.4. The SMILES string of the molecule is CC[C@H](C)[C@H](NC(=O)CNC(=O)[C@H](CCCN=C(N)N)NC(=O)[C@@H](NC(=O)[C@@H](N)CCC(=O)O)[C@@H](C)CC)C(=O)N[C@@H](CC(C)C)C(=O)N[C@@H](C)C(=O)NCC(=O)NCC(=O)NCC(=O)NCC(=O)N[C@@H](CO)C(=O)NCC(=O)NCC(=O)NCC(=O)NCC(=O)N[C@@H](CO)C(=O)NCC(=O)NCC(=O)NCC(=O)O. The number of hydrogen-bond donors (Lipinski definition) is 26. The van der Waals surface area contributed by atoms with Gasteiger partial charge in [0, 0.05) is 13.0 Å². The Morgan fingerprint density at radius 2 is 0.664 bits per heavy atom. The van der Waals surface area contributed by atoms with E-state index in [9.17, 15) is 111 Å². The average molecular weight is 1570 g/mol. The predicted octanol–water partition coefficient (Wildman–Crippen LogP) is -14.8. The number of carbonyl (C=O) groups is 21. The van der Waals surface area contributed by atoms with E-state index < -0.39 is 283 Å². The summed E-state index contributed by atoms with van der Waals surface area (Å²) in [4.78, 5) is 267. The van der Waals surface area contributed by atoms with Crippen LogP contribution in [0.3, 0.4) is 0 Å². The number of amides is 19. The van der Waals surface area contributed by atoms with Gasteiger partial charge < -0.3 is 139 Å². The van der Waals surface area contributed by atoms with Gasteiger partial charge in [-0.05, 0) is 50.4 Å². The Morgan fingerprint density at radius 1 is 0.336 bits per heavy atom. The van der Waals surface area contributed by atoms with Crippen LogP contribution in [0.5, 0.6) is 0 Å². The van der Waals surface area contributed by atoms with E-state index in [0.717, 1.165) is 0 Å². The van der Waals surface area contributed by atoms with Gasteiger partial charge in [-0.15, -0.1) is 0 Å². The summed E-state index contributed by atoms with van der Waals surface area (Å²) in [6.07, 6.45) is 0.218. The van der Waals surface area contributed by atoms with Gasteiger partial charge in [0.25, 0.3) is 0 Å². The van der Waals surface area contributed by atoms with Crippen LogP contribution in [0, 0.1) is 17.8 Å². The van der Waals surface area contributed by atoms with Gasteiger partial charge in [0.15, 0.2) is 5.96 Å². The number of carbonyl (C=O) groups excluding carboxylic acids is 19. The van der Waals surface area contributed by atoms with E-state index in [1.54, 1.807) is 41.5 Å². The maximum absolute atomic E-state index is 13.9. The number of carboxylic acid groups (broad SMARTS) is 2. The summed E-state index contributed by atoms with van der Waals surface area (Å²) in [7, 11) is 0. The fourth-order valence-corrected chi connectivity index (χ4v) is 8.67. The molecule has 0 heterocycles. The quantitative estimate of drug-likeness (QED) is 0.0153. The van der Waals surface area contributed by atoms with E-state index in [2.05, 4.69) is 101 Å². The normalized spacial score (nSPS) is 13.3. The summed E-state index contributed by atoms with van der Waals surface area (Å²) in [5.41, 5.74) is 16.8. The van der Waals surface area contributed by atoms with Crippen LogP contribution in [0.2, 0.25) is 0 Å². The third-order valence-corrected chi connectivity index (χ3v) is 15.2. The summed E-state index contributed by atoms with van der Waals surface area (Å²) in [5.74, 6) is -21.3. The monoisotopic (exact) mass is 1570 g/mol. The van der Waals surface area contributed by atoms with Crippen LogP contribution in [-0.2, 0) is 101 Å². The summed E-state index contributed by atoms with van der Waals surface area (Å²) < 4.78 is 0. The Morgan fingerprint density at radius 3 is 1.02 bits per heavy atom. The molecule has 110 heavy (non-hydrogen) atoms. The van der Waals surface area contributed by atoms with Crippen molar-refractivity contribution in [2.75, 3.05) is 98.3 Å². The van der Waals surface area contributed by atoms with Crippen LogP contribution < -0.4 is 118 Å². The molecule has 0 rings (SSSR count). The first-order valence-electron chi connectivity index (χ1n) is 34.5. The maximum atomic E-state index is 13.9. The second-order valence-corrected chi connectivity index (χ2v) is 24.9. The second-order valence-electron chi connectivity index (χ2n) is 24.9. The van der Waals surface area contributed by atoms with Crippen molar-refractivity contribution in [2.45, 2.75) is 142 Å². The lowest BCUT2D eigenvalue weighted by atomic mass is 9.96. The molecule has 0 aliphatic carbocycles. The first kappa shape index (κ1) is 98.0. The lowest BCUT2D eigenvalue weighted by Crippen LogP contribution is -2.59. The molecule has 0 saturated heterocycles. The number of rotatable bonds is 54. The van der Waals surface area contributed by atoms with E-state index in [-0.39, 0.29) is 44.1 Å². The minimum atomic E-state index is -1.67. The second kappa shape index (κ2) is 53.7. The zero-order chi connectivity index (χ0) is 83.8. The highest BCUT2D eigenvalue weighted by Crippen LogP contribution is 2.13. The Balaban J connectivity index is 5.13. The molecule has 0 radical (unpaired) electrons. The van der Waals surface area contributed by atoms with Crippen LogP contribution in [0.1, 0.15) is 93.4 Å². The van der Waals surface area contributed by atoms with Crippen molar-refractivity contribution in [1.82, 2.24) is 101 Å². The van der Waals surface area contributed by atoms with Crippen molar-refractivity contribution in [3.05, 3.63) is 0 Å². The number of nitrogens with zero attached hydrogens (tertiary/aromatic N) is 1. The van der Waals surface area contributed by atoms with Crippen LogP contribution in [0.4, 0.5) is 0 Å². The lowest BCUT2D eigenvalue weighted by Gasteiger charge is -2.28. The first-order valence-corrected chi connectivity index (χ1v) is 34.5. The molecule has 0 aromatic carbocycles. The maximum Gasteiger partial charge on any atom is 0.322 e. The van der Waals surface area contributed by atoms with Crippen molar-refractivity contribution < 1.29 is 121 Å². The molecule has 48 heteroatoms. The molecule has 0 saturated carbocycles. The third kappa shape index (κ3) is 44.2. The molecule has 0 aliphatic rings. The van der Waals surface area contributed by atoms with Crippen molar-refractivity contribution in [1.29, 1.82) is 0 Å². The van der Waals surface area contributed by atoms with Crippen molar-refractivity contribution in [3.63, 3.8) is 0 Å². The molecule has 618 valence electrons. The van der Waals surface area contributed by atoms with Gasteiger partial charge in [-0.25, -0.2) is 0 Å². The summed E-state index contributed by atoms with van der Waals surface area (Å²) >= 11 is 0. The molecular formula is C62H105N23O25. The molecule has 19 amide bonds. The molecule has 29 N–H and O–H groups in total. The van der Waals surface area contributed by atoms with Crippen molar-refractivity contribution in [3.8, 4) is 0 Å². The number of aliphatic hydroxyl groups is 2. The molecule has 0 aliphatic heterocycles.